The van der Waals surface area contributed by atoms with Crippen LogP contribution < -0.4 is 0 Å². The molecular weight excluding hydrogens is 462 g/mol. The van der Waals surface area contributed by atoms with E-state index in [-0.39, 0.29) is 0 Å². The zero-order valence-corrected chi connectivity index (χ0v) is 20.6. The molecule has 2 aliphatic rings. The van der Waals surface area contributed by atoms with E-state index in [1.165, 1.54) is 32.7 Å². The summed E-state index contributed by atoms with van der Waals surface area (Å²) in [4.78, 5) is 15.2. The maximum atomic E-state index is 5.12. The average molecular weight is 486 g/mol. The van der Waals surface area contributed by atoms with Crippen LogP contribution in [0.3, 0.4) is 0 Å². The molecule has 6 aromatic rings. The van der Waals surface area contributed by atoms with Crippen LogP contribution in [0.2, 0.25) is 0 Å². The molecule has 3 nitrogen and oxygen atoms in total. The molecule has 1 heterocycles. The summed E-state index contributed by atoms with van der Waals surface area (Å²) in [6.07, 6.45) is 9.07. The highest BCUT2D eigenvalue weighted by Crippen LogP contribution is 2.54. The molecule has 2 aliphatic carbocycles. The lowest BCUT2D eigenvalue weighted by atomic mass is 9.84. The van der Waals surface area contributed by atoms with E-state index in [4.69, 9.17) is 15.0 Å². The summed E-state index contributed by atoms with van der Waals surface area (Å²) < 4.78 is 0. The van der Waals surface area contributed by atoms with Crippen molar-refractivity contribution < 1.29 is 0 Å². The van der Waals surface area contributed by atoms with Crippen LogP contribution in [0, 0.1) is 0 Å². The van der Waals surface area contributed by atoms with Gasteiger partial charge in [-0.1, -0.05) is 127 Å². The van der Waals surface area contributed by atoms with Crippen molar-refractivity contribution in [2.45, 2.75) is 11.8 Å². The maximum absolute atomic E-state index is 5.12. The van der Waals surface area contributed by atoms with Gasteiger partial charge in [-0.15, -0.1) is 0 Å². The molecule has 0 radical (unpaired) electrons. The van der Waals surface area contributed by atoms with Crippen molar-refractivity contribution in [2.75, 3.05) is 0 Å². The van der Waals surface area contributed by atoms with Crippen LogP contribution in [0.25, 0.3) is 55.7 Å². The van der Waals surface area contributed by atoms with Crippen molar-refractivity contribution in [1.82, 2.24) is 15.0 Å². The van der Waals surface area contributed by atoms with Gasteiger partial charge in [-0.2, -0.15) is 0 Å². The predicted molar refractivity (Wildman–Crippen MR) is 155 cm³/mol. The first-order valence-electron chi connectivity index (χ1n) is 13.1. The van der Waals surface area contributed by atoms with Gasteiger partial charge in [0.15, 0.2) is 17.5 Å². The number of nitrogens with zero attached hydrogens (tertiary/aromatic N) is 3. The van der Waals surface area contributed by atoms with E-state index in [0.29, 0.717) is 29.3 Å². The Hall–Kier alpha value is -4.89. The van der Waals surface area contributed by atoms with Crippen molar-refractivity contribution in [2.24, 2.45) is 0 Å². The lowest BCUT2D eigenvalue weighted by Crippen LogP contribution is -2.03. The topological polar surface area (TPSA) is 38.7 Å². The fourth-order valence-corrected chi connectivity index (χ4v) is 6.26. The molecule has 0 amide bonds. The summed E-state index contributed by atoms with van der Waals surface area (Å²) in [6.45, 7) is 0. The number of hydrogen-bond donors (Lipinski definition) is 0. The van der Waals surface area contributed by atoms with Gasteiger partial charge in [0, 0.05) is 28.5 Å². The highest BCUT2D eigenvalue weighted by molar-refractivity contribution is 6.16. The molecule has 178 valence electrons. The zero-order chi connectivity index (χ0) is 25.1. The molecule has 0 spiro atoms. The fraction of sp³-hybridized carbons (Fsp3) is 0.0571. The Morgan fingerprint density at radius 1 is 0.447 bits per heavy atom. The van der Waals surface area contributed by atoms with Gasteiger partial charge in [-0.05, 0) is 32.7 Å². The van der Waals surface area contributed by atoms with E-state index in [1.807, 2.05) is 36.4 Å². The van der Waals surface area contributed by atoms with Crippen molar-refractivity contribution in [1.29, 1.82) is 0 Å². The van der Waals surface area contributed by atoms with Crippen LogP contribution >= 0.6 is 0 Å². The van der Waals surface area contributed by atoms with Crippen LogP contribution in [0.4, 0.5) is 0 Å². The molecule has 0 fully saturated rings. The van der Waals surface area contributed by atoms with Crippen LogP contribution in [0.5, 0.6) is 0 Å². The minimum Gasteiger partial charge on any atom is -0.208 e. The van der Waals surface area contributed by atoms with E-state index in [0.717, 1.165) is 16.7 Å². The van der Waals surface area contributed by atoms with Gasteiger partial charge in [-0.3, -0.25) is 0 Å². The molecule has 2 unspecified atom stereocenters. The molecule has 2 atom stereocenters. The number of fused-ring (bicyclic) bond motifs is 5. The zero-order valence-electron chi connectivity index (χ0n) is 20.6. The molecule has 8 rings (SSSR count). The van der Waals surface area contributed by atoms with Gasteiger partial charge in [0.1, 0.15) is 0 Å². The Balaban J connectivity index is 1.49. The summed E-state index contributed by atoms with van der Waals surface area (Å²) in [5.41, 5.74) is 5.83. The molecule has 0 N–H and O–H groups in total. The molecule has 0 saturated carbocycles. The second kappa shape index (κ2) is 8.32. The summed E-state index contributed by atoms with van der Waals surface area (Å²) in [5.74, 6) is 2.77. The van der Waals surface area contributed by atoms with Gasteiger partial charge in [0.2, 0.25) is 0 Å². The van der Waals surface area contributed by atoms with E-state index in [1.54, 1.807) is 0 Å². The van der Waals surface area contributed by atoms with Gasteiger partial charge in [0.05, 0.1) is 0 Å². The lowest BCUT2D eigenvalue weighted by Gasteiger charge is -2.19. The molecule has 3 heteroatoms. The number of hydrogen-bond acceptors (Lipinski definition) is 3. The Kier molecular flexibility index (Phi) is 4.65. The summed E-state index contributed by atoms with van der Waals surface area (Å²) >= 11 is 0. The van der Waals surface area contributed by atoms with Crippen molar-refractivity contribution >= 4 is 21.5 Å². The third-order valence-electron chi connectivity index (χ3n) is 7.87. The Labute approximate surface area is 220 Å². The minimum atomic E-state index is 0.344. The smallest absolute Gasteiger partial charge is 0.165 e. The van der Waals surface area contributed by atoms with E-state index >= 15 is 0 Å². The molecule has 5 aromatic carbocycles. The monoisotopic (exact) mass is 485 g/mol. The third-order valence-corrected chi connectivity index (χ3v) is 7.87. The Bertz CT molecular complexity index is 1860. The first-order valence-corrected chi connectivity index (χ1v) is 13.1. The Morgan fingerprint density at radius 2 is 1.00 bits per heavy atom. The quantitative estimate of drug-likeness (QED) is 0.236. The van der Waals surface area contributed by atoms with E-state index in [2.05, 4.69) is 91.0 Å². The second-order valence-electron chi connectivity index (χ2n) is 9.96. The highest BCUT2D eigenvalue weighted by atomic mass is 15.0. The number of aromatic nitrogens is 3. The molecular formula is C35H23N3. The first-order chi connectivity index (χ1) is 18.9. The van der Waals surface area contributed by atoms with Gasteiger partial charge in [0.25, 0.3) is 0 Å². The molecule has 0 saturated heterocycles. The summed E-state index contributed by atoms with van der Waals surface area (Å²) in [7, 11) is 0. The molecule has 38 heavy (non-hydrogen) atoms. The molecule has 0 aliphatic heterocycles. The maximum Gasteiger partial charge on any atom is 0.165 e. The van der Waals surface area contributed by atoms with Crippen molar-refractivity contribution in [3.8, 4) is 34.2 Å². The van der Waals surface area contributed by atoms with Gasteiger partial charge in [-0.25, -0.2) is 15.0 Å². The number of rotatable bonds is 3. The van der Waals surface area contributed by atoms with Crippen molar-refractivity contribution in [3.05, 3.63) is 139 Å². The SMILES string of the molecule is C1=CC2c3cccc4c(-c5nc(-c6ccccc6)nc(-c6ccccc6)n5)c5ccccc5c(c34)C2C=C1. The van der Waals surface area contributed by atoms with Gasteiger partial charge >= 0.3 is 0 Å². The predicted octanol–water partition coefficient (Wildman–Crippen LogP) is 8.49. The van der Waals surface area contributed by atoms with E-state index < -0.39 is 0 Å². The molecule has 0 bridgehead atoms. The highest BCUT2D eigenvalue weighted by Gasteiger charge is 2.35. The summed E-state index contributed by atoms with van der Waals surface area (Å²) in [5, 5.41) is 5.00. The van der Waals surface area contributed by atoms with Gasteiger partial charge < -0.3 is 0 Å². The lowest BCUT2D eigenvalue weighted by molar-refractivity contribution is 0.773. The minimum absolute atomic E-state index is 0.344. The average Bonchev–Trinajstić information content (AvgIpc) is 3.34. The second-order valence-corrected chi connectivity index (χ2v) is 9.96. The van der Waals surface area contributed by atoms with Crippen LogP contribution in [-0.4, -0.2) is 15.0 Å². The molecule has 1 aromatic heterocycles. The number of benzene rings is 5. The third kappa shape index (κ3) is 3.12. The fourth-order valence-electron chi connectivity index (χ4n) is 6.26. The van der Waals surface area contributed by atoms with E-state index in [9.17, 15) is 0 Å². The largest absolute Gasteiger partial charge is 0.208 e. The standard InChI is InChI=1S/C35H23N3/c1-3-12-22(13-4-1)33-36-34(23-14-5-2-6-15-23)38-35(37-33)32-28-19-10-9-18-27(28)30-25-17-8-7-16-24(25)26-20-11-21-29(32)31(26)30/h1-21,24-25H. The normalized spacial score (nSPS) is 17.3. The number of allylic oxidation sites excluding steroid dienone is 4. The van der Waals surface area contributed by atoms with Crippen LogP contribution in [0.15, 0.2) is 127 Å². The summed E-state index contributed by atoms with van der Waals surface area (Å²) in [6, 6.07) is 35.8. The van der Waals surface area contributed by atoms with Crippen LogP contribution in [0.1, 0.15) is 23.0 Å². The Morgan fingerprint density at radius 3 is 1.68 bits per heavy atom. The van der Waals surface area contributed by atoms with Crippen LogP contribution in [-0.2, 0) is 0 Å². The van der Waals surface area contributed by atoms with Crippen molar-refractivity contribution in [3.63, 3.8) is 0 Å². The first kappa shape index (κ1) is 21.2.